The number of nitrogens with one attached hydrogen (secondary N) is 2. The van der Waals surface area contributed by atoms with Gasteiger partial charge in [0.25, 0.3) is 5.91 Å². The molecule has 162 valence electrons. The van der Waals surface area contributed by atoms with Crippen LogP contribution in [-0.2, 0) is 11.3 Å². The molecule has 7 nitrogen and oxygen atoms in total. The molecule has 0 radical (unpaired) electrons. The number of halogens is 2. The Morgan fingerprint density at radius 2 is 1.87 bits per heavy atom. The highest BCUT2D eigenvalue weighted by atomic mass is 35.5. The van der Waals surface area contributed by atoms with Crippen LogP contribution in [0.1, 0.15) is 36.1 Å². The Labute approximate surface area is 188 Å². The van der Waals surface area contributed by atoms with Crippen LogP contribution in [0.15, 0.2) is 53.7 Å². The highest BCUT2D eigenvalue weighted by Crippen LogP contribution is 2.22. The van der Waals surface area contributed by atoms with Crippen molar-refractivity contribution in [2.45, 2.75) is 31.6 Å². The zero-order chi connectivity index (χ0) is 22.4. The minimum atomic E-state index is -0.495. The molecule has 0 aliphatic heterocycles. The molecule has 0 aliphatic carbocycles. The van der Waals surface area contributed by atoms with Crippen molar-refractivity contribution < 1.29 is 14.0 Å². The lowest BCUT2D eigenvalue weighted by atomic mass is 10.2. The maximum atomic E-state index is 13.7. The van der Waals surface area contributed by atoms with Gasteiger partial charge < -0.3 is 15.2 Å². The van der Waals surface area contributed by atoms with Crippen molar-refractivity contribution in [2.75, 3.05) is 11.1 Å². The number of para-hydroxylation sites is 1. The summed E-state index contributed by atoms with van der Waals surface area (Å²) in [5, 5.41) is 14.9. The Hall–Kier alpha value is -2.91. The maximum absolute atomic E-state index is 13.7. The molecular formula is C21H21ClFN5O2S. The second-order valence-corrected chi connectivity index (χ2v) is 7.98. The smallest absolute Gasteiger partial charge is 0.251 e. The number of aromatic nitrogens is 3. The molecular weight excluding hydrogens is 441 g/mol. The van der Waals surface area contributed by atoms with E-state index in [1.165, 1.54) is 23.9 Å². The van der Waals surface area contributed by atoms with Gasteiger partial charge >= 0.3 is 0 Å². The second-order valence-electron chi connectivity index (χ2n) is 6.60. The molecule has 2 N–H and O–H groups in total. The first kappa shape index (κ1) is 22.8. The first-order valence-electron chi connectivity index (χ1n) is 9.55. The van der Waals surface area contributed by atoms with Crippen LogP contribution in [0.2, 0.25) is 5.02 Å². The molecule has 1 aromatic heterocycles. The zero-order valence-corrected chi connectivity index (χ0v) is 18.5. The average Bonchev–Trinajstić information content (AvgIpc) is 3.17. The highest BCUT2D eigenvalue weighted by molar-refractivity contribution is 7.99. The summed E-state index contributed by atoms with van der Waals surface area (Å²) < 4.78 is 15.5. The van der Waals surface area contributed by atoms with Crippen molar-refractivity contribution in [3.05, 3.63) is 70.8 Å². The van der Waals surface area contributed by atoms with E-state index in [0.29, 0.717) is 28.1 Å². The number of anilines is 1. The van der Waals surface area contributed by atoms with Gasteiger partial charge in [0.05, 0.1) is 17.5 Å². The van der Waals surface area contributed by atoms with Gasteiger partial charge in [-0.3, -0.25) is 9.59 Å². The summed E-state index contributed by atoms with van der Waals surface area (Å²) in [7, 11) is 0. The third-order valence-electron chi connectivity index (χ3n) is 4.38. The molecule has 0 saturated heterocycles. The molecule has 0 aliphatic rings. The van der Waals surface area contributed by atoms with Gasteiger partial charge in [-0.05, 0) is 50.2 Å². The highest BCUT2D eigenvalue weighted by Gasteiger charge is 2.20. The normalized spacial score (nSPS) is 11.7. The van der Waals surface area contributed by atoms with Crippen molar-refractivity contribution >= 4 is 40.9 Å². The van der Waals surface area contributed by atoms with Crippen molar-refractivity contribution in [1.82, 2.24) is 20.1 Å². The SMILES string of the molecule is CCn1c(SCC(=O)Nc2ccccc2F)nnc1[C@H](C)NC(=O)c1ccc(Cl)cc1. The fraction of sp³-hybridized carbons (Fsp3) is 0.238. The van der Waals surface area contributed by atoms with Gasteiger partial charge in [-0.2, -0.15) is 0 Å². The number of hydrogen-bond acceptors (Lipinski definition) is 5. The van der Waals surface area contributed by atoms with Crippen LogP contribution >= 0.6 is 23.4 Å². The molecule has 1 atom stereocenters. The molecule has 31 heavy (non-hydrogen) atoms. The van der Waals surface area contributed by atoms with Crippen molar-refractivity contribution in [2.24, 2.45) is 0 Å². The van der Waals surface area contributed by atoms with Crippen LogP contribution in [0.4, 0.5) is 10.1 Å². The number of rotatable bonds is 8. The van der Waals surface area contributed by atoms with E-state index in [1.807, 2.05) is 18.4 Å². The lowest BCUT2D eigenvalue weighted by Crippen LogP contribution is -2.28. The van der Waals surface area contributed by atoms with Crippen LogP contribution in [0.3, 0.4) is 0 Å². The quantitative estimate of drug-likeness (QED) is 0.488. The molecule has 0 fully saturated rings. The summed E-state index contributed by atoms with van der Waals surface area (Å²) >= 11 is 7.05. The maximum Gasteiger partial charge on any atom is 0.251 e. The van der Waals surface area contributed by atoms with Gasteiger partial charge in [0.1, 0.15) is 5.82 Å². The second kappa shape index (κ2) is 10.4. The van der Waals surface area contributed by atoms with E-state index in [4.69, 9.17) is 11.6 Å². The Kier molecular flexibility index (Phi) is 7.64. The van der Waals surface area contributed by atoms with Crippen molar-refractivity contribution in [1.29, 1.82) is 0 Å². The van der Waals surface area contributed by atoms with Crippen LogP contribution in [0.25, 0.3) is 0 Å². The number of carbonyl (C=O) groups is 2. The number of benzene rings is 2. The van der Waals surface area contributed by atoms with Gasteiger partial charge in [0, 0.05) is 17.1 Å². The Balaban J connectivity index is 1.63. The molecule has 3 rings (SSSR count). The standard InChI is InChI=1S/C21H21ClFN5O2S/c1-3-28-19(13(2)24-20(30)14-8-10-15(22)11-9-14)26-27-21(28)31-12-18(29)25-17-7-5-4-6-16(17)23/h4-11,13H,3,12H2,1-2H3,(H,24,30)(H,25,29)/t13-/m0/s1. The predicted molar refractivity (Wildman–Crippen MR) is 119 cm³/mol. The largest absolute Gasteiger partial charge is 0.342 e. The lowest BCUT2D eigenvalue weighted by Gasteiger charge is -2.15. The topological polar surface area (TPSA) is 88.9 Å². The molecule has 10 heteroatoms. The number of hydrogen-bond donors (Lipinski definition) is 2. The van der Waals surface area contributed by atoms with E-state index in [2.05, 4.69) is 20.8 Å². The molecule has 2 aromatic carbocycles. The third kappa shape index (κ3) is 5.83. The third-order valence-corrected chi connectivity index (χ3v) is 5.60. The molecule has 1 heterocycles. The summed E-state index contributed by atoms with van der Waals surface area (Å²) in [6, 6.07) is 12.2. The van der Waals surface area contributed by atoms with Gasteiger partial charge in [-0.15, -0.1) is 10.2 Å². The van der Waals surface area contributed by atoms with Crippen LogP contribution in [0, 0.1) is 5.82 Å². The fourth-order valence-corrected chi connectivity index (χ4v) is 3.78. The molecule has 0 bridgehead atoms. The van der Waals surface area contributed by atoms with Gasteiger partial charge in [0.15, 0.2) is 11.0 Å². The van der Waals surface area contributed by atoms with E-state index < -0.39 is 11.9 Å². The number of amides is 2. The summed E-state index contributed by atoms with van der Waals surface area (Å²) in [5.41, 5.74) is 0.613. The molecule has 3 aromatic rings. The summed E-state index contributed by atoms with van der Waals surface area (Å²) in [6.07, 6.45) is 0. The predicted octanol–water partition coefficient (Wildman–Crippen LogP) is 4.31. The monoisotopic (exact) mass is 461 g/mol. The van der Waals surface area contributed by atoms with E-state index in [9.17, 15) is 14.0 Å². The Bertz CT molecular complexity index is 1070. The van der Waals surface area contributed by atoms with Crippen LogP contribution in [0.5, 0.6) is 0 Å². The van der Waals surface area contributed by atoms with Crippen molar-refractivity contribution in [3.8, 4) is 0 Å². The minimum Gasteiger partial charge on any atom is -0.342 e. The number of thioether (sulfide) groups is 1. The zero-order valence-electron chi connectivity index (χ0n) is 16.9. The van der Waals surface area contributed by atoms with E-state index in [-0.39, 0.29) is 23.3 Å². The van der Waals surface area contributed by atoms with Gasteiger partial charge in [-0.25, -0.2) is 4.39 Å². The van der Waals surface area contributed by atoms with E-state index >= 15 is 0 Å². The molecule has 0 saturated carbocycles. The summed E-state index contributed by atoms with van der Waals surface area (Å²) in [6.45, 7) is 4.29. The number of carbonyl (C=O) groups excluding carboxylic acids is 2. The fourth-order valence-electron chi connectivity index (χ4n) is 2.85. The minimum absolute atomic E-state index is 0.0397. The molecule has 0 unspecified atom stereocenters. The molecule has 2 amide bonds. The van der Waals surface area contributed by atoms with Crippen LogP contribution < -0.4 is 10.6 Å². The average molecular weight is 462 g/mol. The molecule has 0 spiro atoms. The van der Waals surface area contributed by atoms with Gasteiger partial charge in [-0.1, -0.05) is 35.5 Å². The lowest BCUT2D eigenvalue weighted by molar-refractivity contribution is -0.113. The first-order valence-corrected chi connectivity index (χ1v) is 10.9. The number of nitrogens with zero attached hydrogens (tertiary/aromatic N) is 3. The van der Waals surface area contributed by atoms with Crippen molar-refractivity contribution in [3.63, 3.8) is 0 Å². The Morgan fingerprint density at radius 3 is 2.55 bits per heavy atom. The summed E-state index contributed by atoms with van der Waals surface area (Å²) in [5.74, 6) is -0.496. The van der Waals surface area contributed by atoms with E-state index in [0.717, 1.165) is 0 Å². The first-order chi connectivity index (χ1) is 14.9. The van der Waals surface area contributed by atoms with Crippen LogP contribution in [-0.4, -0.2) is 32.3 Å². The van der Waals surface area contributed by atoms with Gasteiger partial charge in [0.2, 0.25) is 5.91 Å². The Morgan fingerprint density at radius 1 is 1.16 bits per heavy atom. The van der Waals surface area contributed by atoms with E-state index in [1.54, 1.807) is 36.4 Å². The summed E-state index contributed by atoms with van der Waals surface area (Å²) in [4.78, 5) is 24.6.